The zero-order chi connectivity index (χ0) is 12.0. The Bertz CT molecular complexity index is 368. The van der Waals surface area contributed by atoms with Gasteiger partial charge >= 0.3 is 0 Å². The van der Waals surface area contributed by atoms with E-state index in [9.17, 15) is 0 Å². The van der Waals surface area contributed by atoms with Crippen LogP contribution in [0, 0.1) is 0 Å². The van der Waals surface area contributed by atoms with Gasteiger partial charge < -0.3 is 15.8 Å². The summed E-state index contributed by atoms with van der Waals surface area (Å²) in [5.41, 5.74) is 7.37. The summed E-state index contributed by atoms with van der Waals surface area (Å²) in [7, 11) is 2.00. The molecule has 0 unspecified atom stereocenters. The Morgan fingerprint density at radius 3 is 2.81 bits per heavy atom. The molecule has 0 radical (unpaired) electrons. The number of anilines is 1. The average Bonchev–Trinajstić information content (AvgIpc) is 2.35. The minimum atomic E-state index is 0.145. The number of benzene rings is 1. The maximum absolute atomic E-state index is 8.71. The zero-order valence-electron chi connectivity index (χ0n) is 9.55. The number of thioether (sulfide) groups is 1. The van der Waals surface area contributed by atoms with Gasteiger partial charge in [0, 0.05) is 30.6 Å². The summed E-state index contributed by atoms with van der Waals surface area (Å²) in [5, 5.41) is 11.8. The number of hydrogen-bond acceptors (Lipinski definition) is 4. The molecular weight excluding hydrogens is 222 g/mol. The van der Waals surface area contributed by atoms with Crippen LogP contribution < -0.4 is 10.6 Å². The summed E-state index contributed by atoms with van der Waals surface area (Å²) in [6.07, 6.45) is 2.07. The second-order valence-electron chi connectivity index (χ2n) is 3.42. The first-order valence-corrected chi connectivity index (χ1v) is 6.37. The van der Waals surface area contributed by atoms with Crippen LogP contribution in [0.5, 0.6) is 0 Å². The van der Waals surface area contributed by atoms with Crippen molar-refractivity contribution >= 4 is 23.3 Å². The lowest BCUT2D eigenvalue weighted by atomic mass is 10.1. The van der Waals surface area contributed by atoms with Crippen LogP contribution in [-0.2, 0) is 0 Å². The lowest BCUT2D eigenvalue weighted by molar-refractivity contribution is 0.318. The first-order chi connectivity index (χ1) is 7.70. The van der Waals surface area contributed by atoms with Crippen molar-refractivity contribution in [2.45, 2.75) is 0 Å². The van der Waals surface area contributed by atoms with E-state index in [0.717, 1.165) is 23.5 Å². The van der Waals surface area contributed by atoms with Crippen LogP contribution in [-0.4, -0.2) is 36.6 Å². The summed E-state index contributed by atoms with van der Waals surface area (Å²) in [6.45, 7) is 0.927. The van der Waals surface area contributed by atoms with E-state index in [-0.39, 0.29) is 5.84 Å². The molecule has 0 atom stereocenters. The van der Waals surface area contributed by atoms with Crippen LogP contribution in [0.4, 0.5) is 5.69 Å². The molecule has 0 spiro atoms. The zero-order valence-corrected chi connectivity index (χ0v) is 10.4. The van der Waals surface area contributed by atoms with Crippen LogP contribution in [0.25, 0.3) is 0 Å². The average molecular weight is 239 g/mol. The van der Waals surface area contributed by atoms with E-state index in [2.05, 4.69) is 16.3 Å². The molecule has 1 rings (SSSR count). The van der Waals surface area contributed by atoms with Gasteiger partial charge in [-0.1, -0.05) is 17.3 Å². The Hall–Kier alpha value is -1.36. The highest BCUT2D eigenvalue weighted by molar-refractivity contribution is 7.98. The minimum Gasteiger partial charge on any atom is -0.409 e. The Labute approximate surface area is 100 Å². The molecule has 16 heavy (non-hydrogen) atoms. The third kappa shape index (κ3) is 3.06. The third-order valence-electron chi connectivity index (χ3n) is 2.33. The van der Waals surface area contributed by atoms with Crippen molar-refractivity contribution in [2.24, 2.45) is 10.9 Å². The summed E-state index contributed by atoms with van der Waals surface area (Å²) in [6, 6.07) is 7.63. The summed E-state index contributed by atoms with van der Waals surface area (Å²) >= 11 is 1.79. The highest BCUT2D eigenvalue weighted by atomic mass is 32.2. The van der Waals surface area contributed by atoms with Gasteiger partial charge in [0.25, 0.3) is 0 Å². The second-order valence-corrected chi connectivity index (χ2v) is 4.40. The molecule has 0 amide bonds. The molecule has 0 saturated carbocycles. The molecule has 1 aromatic carbocycles. The van der Waals surface area contributed by atoms with E-state index in [1.807, 2.05) is 31.3 Å². The van der Waals surface area contributed by atoms with Gasteiger partial charge in [-0.2, -0.15) is 11.8 Å². The molecule has 0 aliphatic heterocycles. The number of rotatable bonds is 5. The van der Waals surface area contributed by atoms with Gasteiger partial charge in [0.15, 0.2) is 5.84 Å². The van der Waals surface area contributed by atoms with Crippen molar-refractivity contribution in [1.29, 1.82) is 0 Å². The molecule has 4 nitrogen and oxygen atoms in total. The molecule has 0 fully saturated rings. The Morgan fingerprint density at radius 2 is 2.19 bits per heavy atom. The maximum Gasteiger partial charge on any atom is 0.172 e. The van der Waals surface area contributed by atoms with Crippen LogP contribution in [0.3, 0.4) is 0 Å². The number of oxime groups is 1. The molecule has 1 aromatic rings. The molecule has 0 heterocycles. The number of nitrogens with two attached hydrogens (primary N) is 1. The quantitative estimate of drug-likeness (QED) is 0.354. The van der Waals surface area contributed by atoms with Gasteiger partial charge in [-0.25, -0.2) is 0 Å². The first kappa shape index (κ1) is 12.7. The van der Waals surface area contributed by atoms with Crippen molar-refractivity contribution in [3.8, 4) is 0 Å². The first-order valence-electron chi connectivity index (χ1n) is 4.97. The largest absolute Gasteiger partial charge is 0.409 e. The van der Waals surface area contributed by atoms with Gasteiger partial charge in [0.1, 0.15) is 0 Å². The van der Waals surface area contributed by atoms with Crippen molar-refractivity contribution in [3.05, 3.63) is 29.8 Å². The molecule has 0 aliphatic carbocycles. The molecule has 0 aliphatic rings. The molecule has 0 aromatic heterocycles. The summed E-state index contributed by atoms with van der Waals surface area (Å²) < 4.78 is 0. The highest BCUT2D eigenvalue weighted by Crippen LogP contribution is 2.18. The molecule has 5 heteroatoms. The lowest BCUT2D eigenvalue weighted by Crippen LogP contribution is -2.24. The van der Waals surface area contributed by atoms with Gasteiger partial charge in [0.2, 0.25) is 0 Å². The molecule has 0 saturated heterocycles. The predicted molar refractivity (Wildman–Crippen MR) is 70.6 cm³/mol. The van der Waals surface area contributed by atoms with E-state index in [4.69, 9.17) is 10.9 Å². The monoisotopic (exact) mass is 239 g/mol. The summed E-state index contributed by atoms with van der Waals surface area (Å²) in [5.74, 6) is 1.19. The summed E-state index contributed by atoms with van der Waals surface area (Å²) in [4.78, 5) is 2.10. The minimum absolute atomic E-state index is 0.145. The van der Waals surface area contributed by atoms with Crippen molar-refractivity contribution < 1.29 is 5.21 Å². The fourth-order valence-corrected chi connectivity index (χ4v) is 1.88. The fraction of sp³-hybridized carbons (Fsp3) is 0.364. The fourth-order valence-electron chi connectivity index (χ4n) is 1.43. The molecule has 3 N–H and O–H groups in total. The molecule has 88 valence electrons. The van der Waals surface area contributed by atoms with Crippen LogP contribution in [0.15, 0.2) is 29.4 Å². The SMILES string of the molecule is CSCCN(C)c1ccccc1/C(N)=N/O. The molecule has 0 bridgehead atoms. The van der Waals surface area contributed by atoms with E-state index < -0.39 is 0 Å². The Morgan fingerprint density at radius 1 is 1.50 bits per heavy atom. The highest BCUT2D eigenvalue weighted by Gasteiger charge is 2.09. The van der Waals surface area contributed by atoms with Crippen molar-refractivity contribution in [2.75, 3.05) is 30.5 Å². The standard InChI is InChI=1S/C11H17N3OS/c1-14(7-8-16-2)10-6-4-3-5-9(10)11(12)13-15/h3-6,15H,7-8H2,1-2H3,(H2,12,13). The normalized spacial score (nSPS) is 11.5. The van der Waals surface area contributed by atoms with Crippen LogP contribution >= 0.6 is 11.8 Å². The van der Waals surface area contributed by atoms with E-state index >= 15 is 0 Å². The van der Waals surface area contributed by atoms with Crippen molar-refractivity contribution in [3.63, 3.8) is 0 Å². The predicted octanol–water partition coefficient (Wildman–Crippen LogP) is 1.58. The number of hydrogen-bond donors (Lipinski definition) is 2. The number of amidine groups is 1. The maximum atomic E-state index is 8.71. The van der Waals surface area contributed by atoms with Gasteiger partial charge in [-0.3, -0.25) is 0 Å². The topological polar surface area (TPSA) is 61.8 Å². The molecular formula is C11H17N3OS. The lowest BCUT2D eigenvalue weighted by Gasteiger charge is -2.21. The van der Waals surface area contributed by atoms with E-state index in [1.54, 1.807) is 11.8 Å². The van der Waals surface area contributed by atoms with Crippen LogP contribution in [0.2, 0.25) is 0 Å². The van der Waals surface area contributed by atoms with Crippen molar-refractivity contribution in [1.82, 2.24) is 0 Å². The Kier molecular flexibility index (Phi) is 4.98. The number of para-hydroxylation sites is 1. The van der Waals surface area contributed by atoms with Crippen LogP contribution in [0.1, 0.15) is 5.56 Å². The van der Waals surface area contributed by atoms with Gasteiger partial charge in [0.05, 0.1) is 0 Å². The number of nitrogens with zero attached hydrogens (tertiary/aromatic N) is 2. The Balaban J connectivity index is 2.94. The van der Waals surface area contributed by atoms with Gasteiger partial charge in [-0.05, 0) is 18.4 Å². The smallest absolute Gasteiger partial charge is 0.172 e. The van der Waals surface area contributed by atoms with E-state index in [1.165, 1.54) is 0 Å². The van der Waals surface area contributed by atoms with Gasteiger partial charge in [-0.15, -0.1) is 0 Å². The third-order valence-corrected chi connectivity index (χ3v) is 2.92. The second kappa shape index (κ2) is 6.27. The van der Waals surface area contributed by atoms with E-state index in [0.29, 0.717) is 0 Å².